The van der Waals surface area contributed by atoms with E-state index in [-0.39, 0.29) is 11.6 Å². The maximum Gasteiger partial charge on any atom is 0.126 e. The van der Waals surface area contributed by atoms with Crippen LogP contribution < -0.4 is 0 Å². The molecule has 0 heterocycles. The SMILES string of the molecule is Cc1cc(F)c(CCS)cc1F. The summed E-state index contributed by atoms with van der Waals surface area (Å²) in [6, 6.07) is 2.45. The van der Waals surface area contributed by atoms with Gasteiger partial charge in [-0.25, -0.2) is 8.78 Å². The maximum absolute atomic E-state index is 13.0. The van der Waals surface area contributed by atoms with Gasteiger partial charge >= 0.3 is 0 Å². The van der Waals surface area contributed by atoms with Gasteiger partial charge in [-0.1, -0.05) is 0 Å². The average Bonchev–Trinajstić information content (AvgIpc) is 2.01. The first kappa shape index (κ1) is 9.52. The average molecular weight is 188 g/mol. The molecule has 0 amide bonds. The van der Waals surface area contributed by atoms with Crippen molar-refractivity contribution >= 4 is 12.6 Å². The van der Waals surface area contributed by atoms with Gasteiger partial charge < -0.3 is 0 Å². The van der Waals surface area contributed by atoms with Crippen LogP contribution in [0.2, 0.25) is 0 Å². The van der Waals surface area contributed by atoms with Gasteiger partial charge in [0.05, 0.1) is 0 Å². The summed E-state index contributed by atoms with van der Waals surface area (Å²) in [6.45, 7) is 1.54. The van der Waals surface area contributed by atoms with Gasteiger partial charge in [0.25, 0.3) is 0 Å². The molecule has 0 atom stereocenters. The van der Waals surface area contributed by atoms with E-state index in [0.717, 1.165) is 0 Å². The Bertz CT molecular complexity index is 284. The van der Waals surface area contributed by atoms with Gasteiger partial charge in [-0.15, -0.1) is 0 Å². The minimum atomic E-state index is -0.354. The van der Waals surface area contributed by atoms with Crippen LogP contribution in [-0.2, 0) is 6.42 Å². The van der Waals surface area contributed by atoms with E-state index in [1.54, 1.807) is 6.92 Å². The first-order valence-corrected chi connectivity index (χ1v) is 4.33. The molecule has 0 spiro atoms. The smallest absolute Gasteiger partial charge is 0.126 e. The number of aryl methyl sites for hydroxylation is 2. The third-order valence-corrected chi connectivity index (χ3v) is 1.93. The summed E-state index contributed by atoms with van der Waals surface area (Å²) in [6.07, 6.45) is 0.464. The fourth-order valence-corrected chi connectivity index (χ4v) is 1.24. The van der Waals surface area contributed by atoms with E-state index in [2.05, 4.69) is 12.6 Å². The zero-order valence-electron chi connectivity index (χ0n) is 6.77. The van der Waals surface area contributed by atoms with Crippen molar-refractivity contribution in [3.05, 3.63) is 34.9 Å². The van der Waals surface area contributed by atoms with Crippen LogP contribution in [-0.4, -0.2) is 5.75 Å². The predicted octanol–water partition coefficient (Wildman–Crippen LogP) is 2.75. The molecule has 0 radical (unpaired) electrons. The van der Waals surface area contributed by atoms with Gasteiger partial charge in [0.15, 0.2) is 0 Å². The summed E-state index contributed by atoms with van der Waals surface area (Å²) in [5.74, 6) is -0.171. The molecule has 0 saturated heterocycles. The van der Waals surface area contributed by atoms with Crippen molar-refractivity contribution < 1.29 is 8.78 Å². The standard InChI is InChI=1S/C9H10F2S/c1-6-4-9(11)7(2-3-12)5-8(6)10/h4-5,12H,2-3H2,1H3. The van der Waals surface area contributed by atoms with Crippen LogP contribution in [0.3, 0.4) is 0 Å². The van der Waals surface area contributed by atoms with Crippen molar-refractivity contribution in [1.29, 1.82) is 0 Å². The van der Waals surface area contributed by atoms with Gasteiger partial charge in [-0.3, -0.25) is 0 Å². The molecule has 1 aromatic carbocycles. The molecule has 0 nitrogen and oxygen atoms in total. The zero-order chi connectivity index (χ0) is 9.14. The van der Waals surface area contributed by atoms with Crippen LogP contribution in [0.15, 0.2) is 12.1 Å². The Kier molecular flexibility index (Phi) is 3.09. The van der Waals surface area contributed by atoms with Crippen molar-refractivity contribution in [3.8, 4) is 0 Å². The minimum absolute atomic E-state index is 0.343. The Morgan fingerprint density at radius 1 is 1.25 bits per heavy atom. The highest BCUT2D eigenvalue weighted by Gasteiger charge is 2.05. The molecule has 1 aromatic rings. The summed E-state index contributed by atoms with van der Waals surface area (Å²) in [7, 11) is 0. The monoisotopic (exact) mass is 188 g/mol. The van der Waals surface area contributed by atoms with Gasteiger partial charge in [-0.2, -0.15) is 12.6 Å². The van der Waals surface area contributed by atoms with Gasteiger partial charge in [0.1, 0.15) is 11.6 Å². The largest absolute Gasteiger partial charge is 0.207 e. The summed E-state index contributed by atoms with van der Waals surface area (Å²) in [5, 5.41) is 0. The number of hydrogen-bond acceptors (Lipinski definition) is 1. The van der Waals surface area contributed by atoms with Crippen LogP contribution in [0.5, 0.6) is 0 Å². The van der Waals surface area contributed by atoms with E-state index in [0.29, 0.717) is 23.3 Å². The van der Waals surface area contributed by atoms with Gasteiger partial charge in [-0.05, 0) is 42.4 Å². The topological polar surface area (TPSA) is 0 Å². The number of hydrogen-bond donors (Lipinski definition) is 1. The number of benzene rings is 1. The van der Waals surface area contributed by atoms with E-state index in [4.69, 9.17) is 0 Å². The van der Waals surface area contributed by atoms with Crippen molar-refractivity contribution in [3.63, 3.8) is 0 Å². The molecule has 1 rings (SSSR count). The first-order chi connectivity index (χ1) is 5.65. The minimum Gasteiger partial charge on any atom is -0.207 e. The number of rotatable bonds is 2. The van der Waals surface area contributed by atoms with Crippen LogP contribution in [0.25, 0.3) is 0 Å². The molecule has 0 N–H and O–H groups in total. The lowest BCUT2D eigenvalue weighted by Gasteiger charge is -2.02. The lowest BCUT2D eigenvalue weighted by atomic mass is 10.1. The van der Waals surface area contributed by atoms with Crippen LogP contribution in [0.1, 0.15) is 11.1 Å². The van der Waals surface area contributed by atoms with Crippen LogP contribution >= 0.6 is 12.6 Å². The van der Waals surface area contributed by atoms with Crippen molar-refractivity contribution in [1.82, 2.24) is 0 Å². The Labute approximate surface area is 76.0 Å². The molecular weight excluding hydrogens is 178 g/mol. The van der Waals surface area contributed by atoms with Crippen molar-refractivity contribution in [2.75, 3.05) is 5.75 Å². The Morgan fingerprint density at radius 3 is 2.50 bits per heavy atom. The number of halogens is 2. The highest BCUT2D eigenvalue weighted by molar-refractivity contribution is 7.80. The third-order valence-electron chi connectivity index (χ3n) is 1.71. The second-order valence-corrected chi connectivity index (χ2v) is 3.11. The molecule has 0 aliphatic heterocycles. The molecule has 0 bridgehead atoms. The molecular formula is C9H10F2S. The molecule has 0 aliphatic carbocycles. The molecule has 0 saturated carbocycles. The van der Waals surface area contributed by atoms with Crippen LogP contribution in [0, 0.1) is 18.6 Å². The maximum atomic E-state index is 13.0. The molecule has 0 aromatic heterocycles. The normalized spacial score (nSPS) is 10.3. The second-order valence-electron chi connectivity index (χ2n) is 2.67. The van der Waals surface area contributed by atoms with E-state index in [9.17, 15) is 8.78 Å². The summed E-state index contributed by atoms with van der Waals surface area (Å²) in [5.41, 5.74) is 0.739. The zero-order valence-corrected chi connectivity index (χ0v) is 7.67. The quantitative estimate of drug-likeness (QED) is 0.678. The van der Waals surface area contributed by atoms with E-state index in [1.165, 1.54) is 12.1 Å². The molecule has 0 unspecified atom stereocenters. The Balaban J connectivity index is 3.05. The first-order valence-electron chi connectivity index (χ1n) is 3.70. The predicted molar refractivity (Wildman–Crippen MR) is 48.7 cm³/mol. The molecule has 0 fully saturated rings. The van der Waals surface area contributed by atoms with Crippen molar-refractivity contribution in [2.24, 2.45) is 0 Å². The number of thiol groups is 1. The summed E-state index contributed by atoms with van der Waals surface area (Å²) < 4.78 is 25.9. The summed E-state index contributed by atoms with van der Waals surface area (Å²) in [4.78, 5) is 0. The lowest BCUT2D eigenvalue weighted by molar-refractivity contribution is 0.580. The molecule has 3 heteroatoms. The Morgan fingerprint density at radius 2 is 1.92 bits per heavy atom. The van der Waals surface area contributed by atoms with Gasteiger partial charge in [0, 0.05) is 0 Å². The summed E-state index contributed by atoms with van der Waals surface area (Å²) >= 11 is 3.95. The fourth-order valence-electron chi connectivity index (χ4n) is 1.000. The molecule has 66 valence electrons. The highest BCUT2D eigenvalue weighted by atomic mass is 32.1. The van der Waals surface area contributed by atoms with Crippen molar-refractivity contribution in [2.45, 2.75) is 13.3 Å². The second kappa shape index (κ2) is 3.90. The van der Waals surface area contributed by atoms with E-state index >= 15 is 0 Å². The Hall–Kier alpha value is -0.570. The molecule has 0 aliphatic rings. The third kappa shape index (κ3) is 1.97. The fraction of sp³-hybridized carbons (Fsp3) is 0.333. The molecule has 12 heavy (non-hydrogen) atoms. The highest BCUT2D eigenvalue weighted by Crippen LogP contribution is 2.14. The lowest BCUT2D eigenvalue weighted by Crippen LogP contribution is -1.95. The van der Waals surface area contributed by atoms with Gasteiger partial charge in [0.2, 0.25) is 0 Å². The van der Waals surface area contributed by atoms with Crippen LogP contribution in [0.4, 0.5) is 8.78 Å². The van der Waals surface area contributed by atoms with E-state index < -0.39 is 0 Å². The van der Waals surface area contributed by atoms with E-state index in [1.807, 2.05) is 0 Å².